The fourth-order valence-corrected chi connectivity index (χ4v) is 2.50. The number of amides is 1. The van der Waals surface area contributed by atoms with Crippen LogP contribution < -0.4 is 5.32 Å². The van der Waals surface area contributed by atoms with Crippen molar-refractivity contribution in [2.45, 2.75) is 65.0 Å². The molecule has 1 saturated carbocycles. The summed E-state index contributed by atoms with van der Waals surface area (Å²) in [5.41, 5.74) is -0.921. The van der Waals surface area contributed by atoms with Crippen LogP contribution in [0.3, 0.4) is 0 Å². The lowest BCUT2D eigenvalue weighted by Crippen LogP contribution is -2.43. The van der Waals surface area contributed by atoms with E-state index in [1.807, 2.05) is 13.8 Å². The highest BCUT2D eigenvalue weighted by Crippen LogP contribution is 2.31. The van der Waals surface area contributed by atoms with Gasteiger partial charge < -0.3 is 10.4 Å². The molecule has 1 unspecified atom stereocenters. The van der Waals surface area contributed by atoms with Gasteiger partial charge in [0.1, 0.15) is 0 Å². The Labute approximate surface area is 121 Å². The summed E-state index contributed by atoms with van der Waals surface area (Å²) in [5.74, 6) is -1.03. The van der Waals surface area contributed by atoms with Crippen molar-refractivity contribution in [2.24, 2.45) is 5.41 Å². The second-order valence-corrected chi connectivity index (χ2v) is 6.02. The van der Waals surface area contributed by atoms with Gasteiger partial charge in [0.05, 0.1) is 5.41 Å². The third kappa shape index (κ3) is 4.20. The third-order valence-corrected chi connectivity index (χ3v) is 4.72. The fourth-order valence-electron chi connectivity index (χ4n) is 2.50. The molecule has 0 aromatic rings. The van der Waals surface area contributed by atoms with Crippen LogP contribution in [0.5, 0.6) is 0 Å². The first-order chi connectivity index (χ1) is 9.36. The van der Waals surface area contributed by atoms with Gasteiger partial charge in [0.25, 0.3) is 0 Å². The van der Waals surface area contributed by atoms with Gasteiger partial charge in [-0.15, -0.1) is 0 Å². The molecule has 0 radical (unpaired) electrons. The summed E-state index contributed by atoms with van der Waals surface area (Å²) in [6, 6.07) is 0.945. The highest BCUT2D eigenvalue weighted by atomic mass is 16.4. The fraction of sp³-hybridized carbons (Fsp3) is 0.867. The molecule has 1 amide bonds. The standard InChI is InChI=1S/C15H28N2O3/c1-5-15(6-2,14(19)20)9-13(18)16-10-11(3)17(4)12-7-8-12/h11-12H,5-10H2,1-4H3,(H,16,18)(H,19,20). The van der Waals surface area contributed by atoms with Crippen molar-refractivity contribution >= 4 is 11.9 Å². The van der Waals surface area contributed by atoms with E-state index in [0.29, 0.717) is 25.4 Å². The molecule has 116 valence electrons. The Morgan fingerprint density at radius 1 is 1.35 bits per heavy atom. The molecule has 0 bridgehead atoms. The van der Waals surface area contributed by atoms with Crippen LogP contribution in [0.4, 0.5) is 0 Å². The number of nitrogens with zero attached hydrogens (tertiary/aromatic N) is 1. The molecule has 1 aliphatic carbocycles. The number of nitrogens with one attached hydrogen (secondary N) is 1. The van der Waals surface area contributed by atoms with Crippen molar-refractivity contribution in [1.82, 2.24) is 10.2 Å². The Morgan fingerprint density at radius 3 is 2.30 bits per heavy atom. The van der Waals surface area contributed by atoms with E-state index >= 15 is 0 Å². The first kappa shape index (κ1) is 17.0. The minimum Gasteiger partial charge on any atom is -0.481 e. The van der Waals surface area contributed by atoms with Crippen LogP contribution in [-0.4, -0.2) is 47.6 Å². The average Bonchev–Trinajstić information content (AvgIpc) is 3.25. The van der Waals surface area contributed by atoms with Crippen molar-refractivity contribution in [3.05, 3.63) is 0 Å². The Morgan fingerprint density at radius 2 is 1.90 bits per heavy atom. The van der Waals surface area contributed by atoms with Gasteiger partial charge in [-0.25, -0.2) is 0 Å². The van der Waals surface area contributed by atoms with Crippen molar-refractivity contribution in [3.63, 3.8) is 0 Å². The monoisotopic (exact) mass is 284 g/mol. The summed E-state index contributed by atoms with van der Waals surface area (Å²) in [7, 11) is 2.08. The molecule has 0 heterocycles. The zero-order chi connectivity index (χ0) is 15.3. The van der Waals surface area contributed by atoms with Crippen molar-refractivity contribution in [1.29, 1.82) is 0 Å². The highest BCUT2D eigenvalue weighted by molar-refractivity contribution is 5.84. The predicted octanol–water partition coefficient (Wildman–Crippen LogP) is 1.87. The molecule has 0 aromatic heterocycles. The summed E-state index contributed by atoms with van der Waals surface area (Å²) < 4.78 is 0. The van der Waals surface area contributed by atoms with Crippen molar-refractivity contribution in [3.8, 4) is 0 Å². The Hall–Kier alpha value is -1.10. The smallest absolute Gasteiger partial charge is 0.310 e. The summed E-state index contributed by atoms with van der Waals surface area (Å²) in [4.78, 5) is 25.7. The maximum absolute atomic E-state index is 12.0. The van der Waals surface area contributed by atoms with E-state index in [1.165, 1.54) is 12.8 Å². The third-order valence-electron chi connectivity index (χ3n) is 4.72. The second-order valence-electron chi connectivity index (χ2n) is 6.02. The minimum atomic E-state index is -0.921. The van der Waals surface area contributed by atoms with Gasteiger partial charge in [0.2, 0.25) is 5.91 Å². The van der Waals surface area contributed by atoms with Gasteiger partial charge in [-0.2, -0.15) is 0 Å². The predicted molar refractivity (Wildman–Crippen MR) is 78.5 cm³/mol. The lowest BCUT2D eigenvalue weighted by Gasteiger charge is -2.28. The summed E-state index contributed by atoms with van der Waals surface area (Å²) in [6.07, 6.45) is 3.49. The zero-order valence-corrected chi connectivity index (χ0v) is 13.1. The van der Waals surface area contributed by atoms with Crippen LogP contribution in [0.2, 0.25) is 0 Å². The van der Waals surface area contributed by atoms with Gasteiger partial charge in [0, 0.05) is 25.0 Å². The normalized spacial score (nSPS) is 17.1. The van der Waals surface area contributed by atoms with Crippen LogP contribution in [0, 0.1) is 5.41 Å². The lowest BCUT2D eigenvalue weighted by atomic mass is 9.79. The molecule has 0 aromatic carbocycles. The van der Waals surface area contributed by atoms with Crippen LogP contribution in [0.1, 0.15) is 52.9 Å². The van der Waals surface area contributed by atoms with E-state index in [9.17, 15) is 14.7 Å². The number of carbonyl (C=O) groups excluding carboxylic acids is 1. The molecule has 1 rings (SSSR count). The number of likely N-dealkylation sites (N-methyl/N-ethyl adjacent to an activating group) is 1. The summed E-state index contributed by atoms with van der Waals surface area (Å²) >= 11 is 0. The van der Waals surface area contributed by atoms with Crippen molar-refractivity contribution < 1.29 is 14.7 Å². The number of carboxylic acids is 1. The Bertz CT molecular complexity index is 349. The van der Waals surface area contributed by atoms with Crippen LogP contribution >= 0.6 is 0 Å². The van der Waals surface area contributed by atoms with Gasteiger partial charge in [-0.3, -0.25) is 14.5 Å². The molecule has 0 spiro atoms. The molecule has 1 fully saturated rings. The van der Waals surface area contributed by atoms with Crippen molar-refractivity contribution in [2.75, 3.05) is 13.6 Å². The number of rotatable bonds is 9. The largest absolute Gasteiger partial charge is 0.481 e. The molecule has 1 atom stereocenters. The minimum absolute atomic E-state index is 0.0647. The van der Waals surface area contributed by atoms with Gasteiger partial charge in [0.15, 0.2) is 0 Å². The Kier molecular flexibility index (Phi) is 5.99. The lowest BCUT2D eigenvalue weighted by molar-refractivity contribution is -0.152. The topological polar surface area (TPSA) is 69.6 Å². The van der Waals surface area contributed by atoms with Gasteiger partial charge in [-0.1, -0.05) is 13.8 Å². The average molecular weight is 284 g/mol. The molecular formula is C15H28N2O3. The van der Waals surface area contributed by atoms with Gasteiger partial charge in [-0.05, 0) is 39.7 Å². The molecule has 1 aliphatic rings. The molecule has 0 saturated heterocycles. The summed E-state index contributed by atoms with van der Waals surface area (Å²) in [5, 5.41) is 12.2. The van der Waals surface area contributed by atoms with Gasteiger partial charge >= 0.3 is 5.97 Å². The van der Waals surface area contributed by atoms with E-state index < -0.39 is 11.4 Å². The van der Waals surface area contributed by atoms with Crippen LogP contribution in [0.25, 0.3) is 0 Å². The molecule has 5 nitrogen and oxygen atoms in total. The first-order valence-corrected chi connectivity index (χ1v) is 7.58. The van der Waals surface area contributed by atoms with Crippen LogP contribution in [-0.2, 0) is 9.59 Å². The van der Waals surface area contributed by atoms with E-state index in [1.54, 1.807) is 0 Å². The number of carboxylic acid groups (broad SMARTS) is 1. The maximum Gasteiger partial charge on any atom is 0.310 e. The SMILES string of the molecule is CCC(CC)(CC(=O)NCC(C)N(C)C1CC1)C(=O)O. The quantitative estimate of drug-likeness (QED) is 0.678. The number of hydrogen-bond donors (Lipinski definition) is 2. The highest BCUT2D eigenvalue weighted by Gasteiger charge is 2.37. The Balaban J connectivity index is 2.43. The zero-order valence-electron chi connectivity index (χ0n) is 13.1. The molecular weight excluding hydrogens is 256 g/mol. The number of hydrogen-bond acceptors (Lipinski definition) is 3. The second kappa shape index (κ2) is 7.07. The molecule has 2 N–H and O–H groups in total. The molecule has 20 heavy (non-hydrogen) atoms. The molecule has 0 aliphatic heterocycles. The van der Waals surface area contributed by atoms with E-state index in [0.717, 1.165) is 0 Å². The number of carbonyl (C=O) groups is 2. The van der Waals surface area contributed by atoms with E-state index in [-0.39, 0.29) is 18.4 Å². The summed E-state index contributed by atoms with van der Waals surface area (Å²) in [6.45, 7) is 6.32. The maximum atomic E-state index is 12.0. The van der Waals surface area contributed by atoms with Crippen LogP contribution in [0.15, 0.2) is 0 Å². The van der Waals surface area contributed by atoms with E-state index in [2.05, 4.69) is 24.2 Å². The number of aliphatic carboxylic acids is 1. The first-order valence-electron chi connectivity index (χ1n) is 7.58. The van der Waals surface area contributed by atoms with E-state index in [4.69, 9.17) is 0 Å². The molecule has 5 heteroatoms.